The van der Waals surface area contributed by atoms with Gasteiger partial charge in [0.1, 0.15) is 5.82 Å². The Kier molecular flexibility index (Phi) is 4.65. The minimum absolute atomic E-state index is 0.0275. The van der Waals surface area contributed by atoms with E-state index in [2.05, 4.69) is 15.2 Å². The third kappa shape index (κ3) is 3.20. The van der Waals surface area contributed by atoms with Gasteiger partial charge in [-0.05, 0) is 30.7 Å². The van der Waals surface area contributed by atoms with Crippen LogP contribution in [0.2, 0.25) is 5.02 Å². The lowest BCUT2D eigenvalue weighted by atomic mass is 10.2. The van der Waals surface area contributed by atoms with Crippen molar-refractivity contribution >= 4 is 35.0 Å². The van der Waals surface area contributed by atoms with Gasteiger partial charge >= 0.3 is 0 Å². The van der Waals surface area contributed by atoms with Gasteiger partial charge in [-0.2, -0.15) is 0 Å². The van der Waals surface area contributed by atoms with Gasteiger partial charge in [0.15, 0.2) is 5.82 Å². The maximum Gasteiger partial charge on any atom is 0.240 e. The third-order valence-corrected chi connectivity index (χ3v) is 5.58. The molecular formula is C18H14ClFN4OS. The Labute approximate surface area is 158 Å². The number of nitrogens with one attached hydrogen (secondary N) is 1. The van der Waals surface area contributed by atoms with E-state index in [1.807, 2.05) is 18.2 Å². The monoisotopic (exact) mass is 388 g/mol. The summed E-state index contributed by atoms with van der Waals surface area (Å²) in [5.41, 5.74) is 1.06. The average molecular weight is 389 g/mol. The molecule has 4 rings (SSSR count). The lowest BCUT2D eigenvalue weighted by Gasteiger charge is -2.17. The molecule has 132 valence electrons. The molecule has 3 aromatic rings. The molecule has 0 saturated carbocycles. The minimum Gasteiger partial charge on any atom is -0.310 e. The number of hydrogen-bond acceptors (Lipinski definition) is 4. The van der Waals surface area contributed by atoms with Gasteiger partial charge in [0.2, 0.25) is 11.1 Å². The Morgan fingerprint density at radius 2 is 1.96 bits per heavy atom. The third-order valence-electron chi connectivity index (χ3n) is 4.14. The summed E-state index contributed by atoms with van der Waals surface area (Å²) in [7, 11) is 0. The smallest absolute Gasteiger partial charge is 0.240 e. The highest BCUT2D eigenvalue weighted by Crippen LogP contribution is 2.35. The van der Waals surface area contributed by atoms with Crippen molar-refractivity contribution in [3.8, 4) is 11.4 Å². The molecule has 1 unspecified atom stereocenters. The van der Waals surface area contributed by atoms with E-state index in [9.17, 15) is 9.18 Å². The van der Waals surface area contributed by atoms with Crippen molar-refractivity contribution in [3.05, 3.63) is 59.4 Å². The van der Waals surface area contributed by atoms with Crippen LogP contribution < -0.4 is 4.90 Å². The van der Waals surface area contributed by atoms with Crippen LogP contribution in [0.5, 0.6) is 0 Å². The predicted molar refractivity (Wildman–Crippen MR) is 99.8 cm³/mol. The van der Waals surface area contributed by atoms with Gasteiger partial charge in [-0.3, -0.25) is 9.89 Å². The molecule has 0 bridgehead atoms. The number of carbonyl (C=O) groups is 1. The zero-order valence-corrected chi connectivity index (χ0v) is 15.1. The van der Waals surface area contributed by atoms with E-state index in [1.54, 1.807) is 29.2 Å². The highest BCUT2D eigenvalue weighted by atomic mass is 35.5. The maximum atomic E-state index is 13.9. The number of aromatic nitrogens is 3. The van der Waals surface area contributed by atoms with E-state index in [4.69, 9.17) is 11.6 Å². The van der Waals surface area contributed by atoms with E-state index in [-0.39, 0.29) is 17.0 Å². The standard InChI is InChI=1S/C18H14ClFN4OS/c19-12-6-2-4-8-14(12)24-10-9-15(17(24)25)26-18-21-16(22-23-18)11-5-1-3-7-13(11)20/h1-8,15H,9-10H2,(H,21,22,23). The van der Waals surface area contributed by atoms with Gasteiger partial charge < -0.3 is 4.90 Å². The summed E-state index contributed by atoms with van der Waals surface area (Å²) in [5.74, 6) is -0.0543. The summed E-state index contributed by atoms with van der Waals surface area (Å²) in [6.45, 7) is 0.588. The first-order valence-electron chi connectivity index (χ1n) is 8.03. The number of para-hydroxylation sites is 1. The van der Waals surface area contributed by atoms with Crippen LogP contribution in [-0.2, 0) is 4.79 Å². The van der Waals surface area contributed by atoms with Crippen LogP contribution in [0.4, 0.5) is 10.1 Å². The predicted octanol–water partition coefficient (Wildman–Crippen LogP) is 4.16. The van der Waals surface area contributed by atoms with Crippen molar-refractivity contribution in [1.82, 2.24) is 15.2 Å². The van der Waals surface area contributed by atoms with E-state index >= 15 is 0 Å². The number of aromatic amines is 1. The number of halogens is 2. The number of nitrogens with zero attached hydrogens (tertiary/aromatic N) is 3. The number of amides is 1. The number of rotatable bonds is 4. The highest BCUT2D eigenvalue weighted by molar-refractivity contribution is 8.00. The first kappa shape index (κ1) is 17.1. The molecule has 1 N–H and O–H groups in total. The van der Waals surface area contributed by atoms with Crippen molar-refractivity contribution in [2.75, 3.05) is 11.4 Å². The molecule has 1 aliphatic heterocycles. The molecule has 1 saturated heterocycles. The Hall–Kier alpha value is -2.38. The fourth-order valence-electron chi connectivity index (χ4n) is 2.87. The lowest BCUT2D eigenvalue weighted by Crippen LogP contribution is -2.28. The first-order valence-corrected chi connectivity index (χ1v) is 9.29. The fourth-order valence-corrected chi connectivity index (χ4v) is 4.06. The normalized spacial score (nSPS) is 17.1. The first-order chi connectivity index (χ1) is 12.6. The highest BCUT2D eigenvalue weighted by Gasteiger charge is 2.35. The van der Waals surface area contributed by atoms with Crippen LogP contribution in [0, 0.1) is 5.82 Å². The molecule has 1 fully saturated rings. The van der Waals surface area contributed by atoms with Gasteiger partial charge in [-0.15, -0.1) is 5.10 Å². The van der Waals surface area contributed by atoms with Gasteiger partial charge in [-0.25, -0.2) is 9.37 Å². The molecule has 0 spiro atoms. The summed E-state index contributed by atoms with van der Waals surface area (Å²) in [6.07, 6.45) is 0.665. The largest absolute Gasteiger partial charge is 0.310 e. The Morgan fingerprint density at radius 3 is 2.77 bits per heavy atom. The minimum atomic E-state index is -0.373. The molecule has 1 aliphatic rings. The second-order valence-corrected chi connectivity index (χ2v) is 7.36. The molecule has 0 radical (unpaired) electrons. The molecule has 1 amide bonds. The van der Waals surface area contributed by atoms with Gasteiger partial charge in [0, 0.05) is 6.54 Å². The molecule has 2 aromatic carbocycles. The fraction of sp³-hybridized carbons (Fsp3) is 0.167. The molecule has 2 heterocycles. The molecule has 1 atom stereocenters. The second-order valence-electron chi connectivity index (χ2n) is 5.78. The van der Waals surface area contributed by atoms with E-state index in [0.29, 0.717) is 40.2 Å². The number of benzene rings is 2. The van der Waals surface area contributed by atoms with Crippen LogP contribution in [0.15, 0.2) is 53.7 Å². The summed E-state index contributed by atoms with van der Waals surface area (Å²) < 4.78 is 13.9. The lowest BCUT2D eigenvalue weighted by molar-refractivity contribution is -0.116. The van der Waals surface area contributed by atoms with Crippen LogP contribution in [0.1, 0.15) is 6.42 Å². The zero-order chi connectivity index (χ0) is 18.1. The van der Waals surface area contributed by atoms with E-state index < -0.39 is 0 Å². The summed E-state index contributed by atoms with van der Waals surface area (Å²) >= 11 is 7.47. The molecule has 1 aromatic heterocycles. The van der Waals surface area contributed by atoms with Crippen molar-refractivity contribution in [2.45, 2.75) is 16.8 Å². The van der Waals surface area contributed by atoms with Gasteiger partial charge in [0.25, 0.3) is 0 Å². The van der Waals surface area contributed by atoms with Crippen molar-refractivity contribution in [3.63, 3.8) is 0 Å². The number of hydrogen-bond donors (Lipinski definition) is 1. The second kappa shape index (κ2) is 7.09. The summed E-state index contributed by atoms with van der Waals surface area (Å²) in [6, 6.07) is 13.6. The summed E-state index contributed by atoms with van der Waals surface area (Å²) in [5, 5.41) is 7.52. The van der Waals surface area contributed by atoms with Gasteiger partial charge in [0.05, 0.1) is 21.5 Å². The Morgan fingerprint density at radius 1 is 1.19 bits per heavy atom. The van der Waals surface area contributed by atoms with Crippen molar-refractivity contribution < 1.29 is 9.18 Å². The zero-order valence-electron chi connectivity index (χ0n) is 13.5. The average Bonchev–Trinajstić information content (AvgIpc) is 3.24. The van der Waals surface area contributed by atoms with Crippen molar-refractivity contribution in [1.29, 1.82) is 0 Å². The number of H-pyrrole nitrogens is 1. The topological polar surface area (TPSA) is 61.9 Å². The maximum absolute atomic E-state index is 13.9. The molecular weight excluding hydrogens is 375 g/mol. The van der Waals surface area contributed by atoms with Crippen LogP contribution in [-0.4, -0.2) is 32.9 Å². The van der Waals surface area contributed by atoms with Crippen LogP contribution in [0.25, 0.3) is 11.4 Å². The van der Waals surface area contributed by atoms with E-state index in [0.717, 1.165) is 0 Å². The van der Waals surface area contributed by atoms with Crippen molar-refractivity contribution in [2.24, 2.45) is 0 Å². The molecule has 26 heavy (non-hydrogen) atoms. The molecule has 5 nitrogen and oxygen atoms in total. The number of carbonyl (C=O) groups excluding carboxylic acids is 1. The Bertz CT molecular complexity index is 964. The molecule has 8 heteroatoms. The number of anilines is 1. The summed E-state index contributed by atoms with van der Waals surface area (Å²) in [4.78, 5) is 18.7. The molecule has 0 aliphatic carbocycles. The Balaban J connectivity index is 1.50. The number of thioether (sulfide) groups is 1. The van der Waals surface area contributed by atoms with Gasteiger partial charge in [-0.1, -0.05) is 47.6 Å². The van der Waals surface area contributed by atoms with Crippen LogP contribution >= 0.6 is 23.4 Å². The quantitative estimate of drug-likeness (QED) is 0.729. The van der Waals surface area contributed by atoms with Crippen LogP contribution in [0.3, 0.4) is 0 Å². The SMILES string of the molecule is O=C1C(Sc2n[nH]c(-c3ccccc3F)n2)CCN1c1ccccc1Cl. The van der Waals surface area contributed by atoms with E-state index in [1.165, 1.54) is 17.8 Å².